The first kappa shape index (κ1) is 16.1. The number of rotatable bonds is 5. The number of carbonyl (C=O) groups excluding carboxylic acids is 2. The highest BCUT2D eigenvalue weighted by molar-refractivity contribution is 6.18. The Bertz CT molecular complexity index is 996. The molecule has 4 rings (SSSR count). The molecule has 0 saturated heterocycles. The zero-order chi connectivity index (χ0) is 17.9. The lowest BCUT2D eigenvalue weighted by molar-refractivity contribution is -0.119. The van der Waals surface area contributed by atoms with Gasteiger partial charge in [-0.25, -0.2) is 4.99 Å². The molecule has 3 heterocycles. The first-order valence-corrected chi connectivity index (χ1v) is 8.48. The molecular weight excluding hydrogens is 330 g/mol. The maximum absolute atomic E-state index is 12.5. The summed E-state index contributed by atoms with van der Waals surface area (Å²) >= 11 is 0. The molecule has 1 aliphatic heterocycles. The second-order valence-electron chi connectivity index (χ2n) is 6.10. The Morgan fingerprint density at radius 2 is 2.15 bits per heavy atom. The van der Waals surface area contributed by atoms with Crippen molar-refractivity contribution in [1.29, 1.82) is 0 Å². The molecule has 130 valence electrons. The van der Waals surface area contributed by atoms with E-state index in [-0.39, 0.29) is 11.8 Å². The number of aliphatic imine (C=N–C) groups is 1. The van der Waals surface area contributed by atoms with Crippen LogP contribution in [0.25, 0.3) is 5.65 Å². The van der Waals surface area contributed by atoms with Crippen molar-refractivity contribution in [3.05, 3.63) is 66.2 Å². The minimum absolute atomic E-state index is 0.234. The summed E-state index contributed by atoms with van der Waals surface area (Å²) in [4.78, 5) is 28.2. The van der Waals surface area contributed by atoms with Crippen LogP contribution in [0.15, 0.2) is 65.3 Å². The number of hydrogen-bond acceptors (Lipinski definition) is 4. The summed E-state index contributed by atoms with van der Waals surface area (Å²) in [7, 11) is 0. The van der Waals surface area contributed by atoms with Crippen LogP contribution in [0.4, 0.5) is 0 Å². The maximum atomic E-state index is 12.5. The largest absolute Gasteiger partial charge is 0.352 e. The van der Waals surface area contributed by atoms with Crippen molar-refractivity contribution in [2.24, 2.45) is 10.9 Å². The van der Waals surface area contributed by atoms with E-state index in [0.717, 1.165) is 17.9 Å². The van der Waals surface area contributed by atoms with Crippen LogP contribution in [0.2, 0.25) is 0 Å². The average Bonchev–Trinajstić information content (AvgIpc) is 3.07. The zero-order valence-electron chi connectivity index (χ0n) is 14.0. The number of aromatic nitrogens is 3. The Hall–Kier alpha value is -3.35. The summed E-state index contributed by atoms with van der Waals surface area (Å²) < 4.78 is 1.94. The summed E-state index contributed by atoms with van der Waals surface area (Å²) in [6.45, 7) is 0.491. The van der Waals surface area contributed by atoms with Gasteiger partial charge in [-0.2, -0.15) is 0 Å². The first-order chi connectivity index (χ1) is 12.7. The monoisotopic (exact) mass is 347 g/mol. The van der Waals surface area contributed by atoms with Crippen LogP contribution < -0.4 is 5.32 Å². The molecule has 0 bridgehead atoms. The number of fused-ring (bicyclic) bond motifs is 2. The third-order valence-corrected chi connectivity index (χ3v) is 4.36. The van der Waals surface area contributed by atoms with Crippen LogP contribution in [-0.4, -0.2) is 38.7 Å². The molecule has 2 aromatic rings. The van der Waals surface area contributed by atoms with E-state index in [0.29, 0.717) is 24.3 Å². The topological polar surface area (TPSA) is 88.7 Å². The van der Waals surface area contributed by atoms with Crippen LogP contribution in [0, 0.1) is 5.92 Å². The number of pyridine rings is 1. The predicted octanol–water partition coefficient (Wildman–Crippen LogP) is 1.43. The van der Waals surface area contributed by atoms with Gasteiger partial charge in [-0.1, -0.05) is 24.3 Å². The highest BCUT2D eigenvalue weighted by Crippen LogP contribution is 2.23. The standard InChI is InChI=1S/C19H17N5O2/c25-18-12-14(13-6-1-2-7-15(13)21-18)19(26)20-10-5-9-17-23-22-16-8-3-4-11-24(16)17/h1-4,6-8,11-13H,5,9-10H2,(H,20,26). The quantitative estimate of drug-likeness (QED) is 0.829. The molecular formula is C19H17N5O2. The van der Waals surface area contributed by atoms with E-state index in [1.165, 1.54) is 6.08 Å². The van der Waals surface area contributed by atoms with Gasteiger partial charge in [0.15, 0.2) is 5.65 Å². The van der Waals surface area contributed by atoms with Crippen molar-refractivity contribution in [2.45, 2.75) is 12.8 Å². The van der Waals surface area contributed by atoms with Crippen LogP contribution in [0.5, 0.6) is 0 Å². The van der Waals surface area contributed by atoms with Crippen molar-refractivity contribution >= 4 is 23.2 Å². The summed E-state index contributed by atoms with van der Waals surface area (Å²) in [5.74, 6) is -0.0205. The van der Waals surface area contributed by atoms with E-state index in [1.807, 2.05) is 47.0 Å². The summed E-state index contributed by atoms with van der Waals surface area (Å²) in [5.41, 5.74) is 1.86. The van der Waals surface area contributed by atoms with E-state index >= 15 is 0 Å². The number of dihydropyridines is 1. The molecule has 0 saturated carbocycles. The maximum Gasteiger partial charge on any atom is 0.270 e. The van der Waals surface area contributed by atoms with Crippen LogP contribution >= 0.6 is 0 Å². The highest BCUT2D eigenvalue weighted by atomic mass is 16.2. The molecule has 1 unspecified atom stereocenters. The van der Waals surface area contributed by atoms with E-state index in [9.17, 15) is 9.59 Å². The number of amides is 2. The number of nitrogens with one attached hydrogen (secondary N) is 1. The molecule has 2 amide bonds. The molecule has 2 aliphatic rings. The van der Waals surface area contributed by atoms with Gasteiger partial charge in [-0.15, -0.1) is 10.2 Å². The van der Waals surface area contributed by atoms with Crippen molar-refractivity contribution in [2.75, 3.05) is 6.54 Å². The van der Waals surface area contributed by atoms with Crippen LogP contribution in [0.1, 0.15) is 12.2 Å². The molecule has 2 aromatic heterocycles. The van der Waals surface area contributed by atoms with Gasteiger partial charge in [0.05, 0.1) is 11.6 Å². The van der Waals surface area contributed by atoms with Gasteiger partial charge in [0, 0.05) is 30.8 Å². The van der Waals surface area contributed by atoms with Crippen molar-refractivity contribution in [3.63, 3.8) is 0 Å². The Morgan fingerprint density at radius 3 is 3.08 bits per heavy atom. The molecule has 1 atom stereocenters. The average molecular weight is 347 g/mol. The molecule has 0 radical (unpaired) electrons. The molecule has 7 nitrogen and oxygen atoms in total. The normalized spacial score (nSPS) is 18.5. The van der Waals surface area contributed by atoms with Gasteiger partial charge >= 0.3 is 0 Å². The Morgan fingerprint density at radius 1 is 1.23 bits per heavy atom. The number of aryl methyl sites for hydroxylation is 1. The van der Waals surface area contributed by atoms with E-state index in [4.69, 9.17) is 0 Å². The first-order valence-electron chi connectivity index (χ1n) is 8.48. The fourth-order valence-corrected chi connectivity index (χ4v) is 3.10. The number of carbonyl (C=O) groups is 2. The smallest absolute Gasteiger partial charge is 0.270 e. The van der Waals surface area contributed by atoms with E-state index < -0.39 is 5.91 Å². The Kier molecular flexibility index (Phi) is 4.27. The molecule has 0 spiro atoms. The minimum atomic E-state index is -0.392. The molecule has 7 heteroatoms. The lowest BCUT2D eigenvalue weighted by Crippen LogP contribution is -2.33. The van der Waals surface area contributed by atoms with Crippen molar-refractivity contribution < 1.29 is 9.59 Å². The van der Waals surface area contributed by atoms with Gasteiger partial charge in [0.2, 0.25) is 5.91 Å². The number of nitrogens with zero attached hydrogens (tertiary/aromatic N) is 4. The molecule has 1 N–H and O–H groups in total. The second kappa shape index (κ2) is 6.87. The van der Waals surface area contributed by atoms with Gasteiger partial charge in [0.1, 0.15) is 5.82 Å². The summed E-state index contributed by atoms with van der Waals surface area (Å²) in [6.07, 6.45) is 12.0. The third-order valence-electron chi connectivity index (χ3n) is 4.36. The van der Waals surface area contributed by atoms with Gasteiger partial charge in [0.25, 0.3) is 5.91 Å². The lowest BCUT2D eigenvalue weighted by Gasteiger charge is -2.21. The highest BCUT2D eigenvalue weighted by Gasteiger charge is 2.28. The van der Waals surface area contributed by atoms with E-state index in [1.54, 1.807) is 6.08 Å². The Labute approximate surface area is 149 Å². The molecule has 26 heavy (non-hydrogen) atoms. The SMILES string of the molecule is O=C1C=C(C(=O)NCCCc2nnc3ccccn23)C2C=CC=CC2=N1. The van der Waals surface area contributed by atoms with Crippen LogP contribution in [0.3, 0.4) is 0 Å². The minimum Gasteiger partial charge on any atom is -0.352 e. The van der Waals surface area contributed by atoms with E-state index in [2.05, 4.69) is 20.5 Å². The predicted molar refractivity (Wildman–Crippen MR) is 96.6 cm³/mol. The molecule has 1 aliphatic carbocycles. The van der Waals surface area contributed by atoms with Crippen molar-refractivity contribution in [3.8, 4) is 0 Å². The fraction of sp³-hybridized carbons (Fsp3) is 0.211. The van der Waals surface area contributed by atoms with Gasteiger partial charge in [-0.05, 0) is 24.6 Å². The lowest BCUT2D eigenvalue weighted by atomic mass is 9.87. The van der Waals surface area contributed by atoms with Gasteiger partial charge in [-0.3, -0.25) is 14.0 Å². The summed E-state index contributed by atoms with van der Waals surface area (Å²) in [6, 6.07) is 5.75. The second-order valence-corrected chi connectivity index (χ2v) is 6.10. The summed E-state index contributed by atoms with van der Waals surface area (Å²) in [5, 5.41) is 11.2. The Balaban J connectivity index is 1.35. The molecule has 0 aromatic carbocycles. The van der Waals surface area contributed by atoms with Gasteiger partial charge < -0.3 is 5.32 Å². The number of allylic oxidation sites excluding steroid dienone is 4. The fourth-order valence-electron chi connectivity index (χ4n) is 3.10. The van der Waals surface area contributed by atoms with Crippen molar-refractivity contribution in [1.82, 2.24) is 19.9 Å². The van der Waals surface area contributed by atoms with Crippen LogP contribution in [-0.2, 0) is 16.0 Å². The zero-order valence-corrected chi connectivity index (χ0v) is 14.0. The third kappa shape index (κ3) is 3.11. The molecule has 0 fully saturated rings. The number of hydrogen-bond donors (Lipinski definition) is 1.